The van der Waals surface area contributed by atoms with Gasteiger partial charge in [-0.3, -0.25) is 4.79 Å². The molecule has 0 aliphatic carbocycles. The summed E-state index contributed by atoms with van der Waals surface area (Å²) in [6.07, 6.45) is 4.73. The number of nitrogens with zero attached hydrogens (tertiary/aromatic N) is 1. The molecule has 2 rings (SSSR count). The molecule has 0 bridgehead atoms. The summed E-state index contributed by atoms with van der Waals surface area (Å²) in [5.74, 6) is 0.318. The SMILES string of the molecule is CCCCN(CC1CCCN1)C(=O)Cc1ccccc1O. The smallest absolute Gasteiger partial charge is 0.227 e. The van der Waals surface area contributed by atoms with Crippen LogP contribution in [0, 0.1) is 0 Å². The van der Waals surface area contributed by atoms with E-state index in [-0.39, 0.29) is 18.1 Å². The predicted octanol–water partition coefficient (Wildman–Crippen LogP) is 2.32. The highest BCUT2D eigenvalue weighted by Crippen LogP contribution is 2.17. The molecule has 1 aliphatic heterocycles. The third kappa shape index (κ3) is 4.74. The molecule has 2 N–H and O–H groups in total. The first-order valence-electron chi connectivity index (χ1n) is 7.98. The van der Waals surface area contributed by atoms with E-state index >= 15 is 0 Å². The number of carbonyl (C=O) groups is 1. The van der Waals surface area contributed by atoms with Crippen LogP contribution in [-0.2, 0) is 11.2 Å². The normalized spacial score (nSPS) is 17.9. The highest BCUT2D eigenvalue weighted by atomic mass is 16.3. The molecule has 0 radical (unpaired) electrons. The summed E-state index contributed by atoms with van der Waals surface area (Å²) in [6.45, 7) is 4.78. The third-order valence-electron chi connectivity index (χ3n) is 4.07. The third-order valence-corrected chi connectivity index (χ3v) is 4.07. The molecule has 1 fully saturated rings. The van der Waals surface area contributed by atoms with E-state index in [1.807, 2.05) is 17.0 Å². The van der Waals surface area contributed by atoms with Crippen molar-refractivity contribution in [1.82, 2.24) is 10.2 Å². The Balaban J connectivity index is 1.97. The zero-order chi connectivity index (χ0) is 15.1. The number of unbranched alkanes of at least 4 members (excludes halogenated alkanes) is 1. The van der Waals surface area contributed by atoms with E-state index in [2.05, 4.69) is 12.2 Å². The van der Waals surface area contributed by atoms with Gasteiger partial charge in [0.15, 0.2) is 0 Å². The first-order valence-corrected chi connectivity index (χ1v) is 7.98. The van der Waals surface area contributed by atoms with Gasteiger partial charge in [0.1, 0.15) is 5.75 Å². The molecule has 4 heteroatoms. The molecule has 1 amide bonds. The van der Waals surface area contributed by atoms with Gasteiger partial charge in [0.25, 0.3) is 0 Å². The minimum Gasteiger partial charge on any atom is -0.508 e. The molecule has 1 aliphatic rings. The summed E-state index contributed by atoms with van der Waals surface area (Å²) in [4.78, 5) is 14.5. The van der Waals surface area contributed by atoms with Crippen LogP contribution < -0.4 is 5.32 Å². The van der Waals surface area contributed by atoms with Gasteiger partial charge in [0.05, 0.1) is 6.42 Å². The van der Waals surface area contributed by atoms with Crippen molar-refractivity contribution in [1.29, 1.82) is 0 Å². The molecule has 1 unspecified atom stereocenters. The fourth-order valence-electron chi connectivity index (χ4n) is 2.78. The average Bonchev–Trinajstić information content (AvgIpc) is 2.98. The molecule has 1 aromatic rings. The van der Waals surface area contributed by atoms with E-state index < -0.39 is 0 Å². The lowest BCUT2D eigenvalue weighted by atomic mass is 10.1. The monoisotopic (exact) mass is 290 g/mol. The minimum atomic E-state index is 0.110. The Kier molecular flexibility index (Phi) is 6.05. The van der Waals surface area contributed by atoms with Crippen LogP contribution in [0.4, 0.5) is 0 Å². The van der Waals surface area contributed by atoms with Gasteiger partial charge in [-0.2, -0.15) is 0 Å². The van der Waals surface area contributed by atoms with Gasteiger partial charge in [0.2, 0.25) is 5.91 Å². The van der Waals surface area contributed by atoms with Gasteiger partial charge in [0, 0.05) is 24.7 Å². The van der Waals surface area contributed by atoms with Crippen molar-refractivity contribution in [2.24, 2.45) is 0 Å². The second-order valence-electron chi connectivity index (χ2n) is 5.79. The Morgan fingerprint density at radius 2 is 2.24 bits per heavy atom. The molecule has 1 heterocycles. The molecule has 1 atom stereocenters. The zero-order valence-corrected chi connectivity index (χ0v) is 12.8. The van der Waals surface area contributed by atoms with Crippen molar-refractivity contribution < 1.29 is 9.90 Å². The molecule has 4 nitrogen and oxygen atoms in total. The summed E-state index contributed by atoms with van der Waals surface area (Å²) in [7, 11) is 0. The standard InChI is InChI=1S/C17H26N2O2/c1-2-3-11-19(13-15-8-6-10-18-15)17(21)12-14-7-4-5-9-16(14)20/h4-5,7,9,15,18,20H,2-3,6,8,10-13H2,1H3. The molecule has 1 aromatic carbocycles. The number of aromatic hydroxyl groups is 1. The minimum absolute atomic E-state index is 0.110. The Hall–Kier alpha value is -1.55. The number of benzene rings is 1. The summed E-state index contributed by atoms with van der Waals surface area (Å²) in [5, 5.41) is 13.3. The van der Waals surface area contributed by atoms with Crippen LogP contribution in [0.15, 0.2) is 24.3 Å². The van der Waals surface area contributed by atoms with Crippen LogP contribution >= 0.6 is 0 Å². The number of phenolic OH excluding ortho intramolecular Hbond substituents is 1. The number of amides is 1. The number of para-hydroxylation sites is 1. The molecule has 0 saturated carbocycles. The van der Waals surface area contributed by atoms with Crippen LogP contribution in [-0.4, -0.2) is 41.6 Å². The molecule has 116 valence electrons. The number of nitrogens with one attached hydrogen (secondary N) is 1. The molecule has 0 aromatic heterocycles. The fraction of sp³-hybridized carbons (Fsp3) is 0.588. The first kappa shape index (κ1) is 15.8. The van der Waals surface area contributed by atoms with Crippen molar-refractivity contribution in [3.05, 3.63) is 29.8 Å². The second kappa shape index (κ2) is 8.03. The Morgan fingerprint density at radius 1 is 1.43 bits per heavy atom. The molecular formula is C17H26N2O2. The predicted molar refractivity (Wildman–Crippen MR) is 84.3 cm³/mol. The molecule has 1 saturated heterocycles. The van der Waals surface area contributed by atoms with Crippen molar-refractivity contribution in [2.45, 2.75) is 45.1 Å². The Bertz CT molecular complexity index is 456. The van der Waals surface area contributed by atoms with Crippen LogP contribution in [0.5, 0.6) is 5.75 Å². The summed E-state index contributed by atoms with van der Waals surface area (Å²) >= 11 is 0. The van der Waals surface area contributed by atoms with E-state index in [1.54, 1.807) is 12.1 Å². The highest BCUT2D eigenvalue weighted by Gasteiger charge is 2.21. The largest absolute Gasteiger partial charge is 0.508 e. The van der Waals surface area contributed by atoms with Crippen molar-refractivity contribution in [3.63, 3.8) is 0 Å². The van der Waals surface area contributed by atoms with E-state index in [1.165, 1.54) is 6.42 Å². The number of hydrogen-bond acceptors (Lipinski definition) is 3. The van der Waals surface area contributed by atoms with E-state index in [0.29, 0.717) is 11.6 Å². The van der Waals surface area contributed by atoms with Crippen molar-refractivity contribution in [2.75, 3.05) is 19.6 Å². The molecule has 0 spiro atoms. The topological polar surface area (TPSA) is 52.6 Å². The van der Waals surface area contributed by atoms with Gasteiger partial charge >= 0.3 is 0 Å². The summed E-state index contributed by atoms with van der Waals surface area (Å²) < 4.78 is 0. The van der Waals surface area contributed by atoms with Gasteiger partial charge in [-0.15, -0.1) is 0 Å². The van der Waals surface area contributed by atoms with E-state index in [9.17, 15) is 9.90 Å². The lowest BCUT2D eigenvalue weighted by Crippen LogP contribution is -2.42. The number of carbonyl (C=O) groups excluding carboxylic acids is 1. The molecular weight excluding hydrogens is 264 g/mol. The van der Waals surface area contributed by atoms with Gasteiger partial charge in [-0.05, 0) is 31.9 Å². The Morgan fingerprint density at radius 3 is 2.90 bits per heavy atom. The van der Waals surface area contributed by atoms with Gasteiger partial charge in [-0.25, -0.2) is 0 Å². The summed E-state index contributed by atoms with van der Waals surface area (Å²) in [6, 6.07) is 7.52. The maximum atomic E-state index is 12.5. The van der Waals surface area contributed by atoms with E-state index in [4.69, 9.17) is 0 Å². The molecule has 21 heavy (non-hydrogen) atoms. The number of hydrogen-bond donors (Lipinski definition) is 2. The van der Waals surface area contributed by atoms with Crippen LogP contribution in [0.25, 0.3) is 0 Å². The van der Waals surface area contributed by atoms with Crippen LogP contribution in [0.1, 0.15) is 38.2 Å². The van der Waals surface area contributed by atoms with Crippen molar-refractivity contribution in [3.8, 4) is 5.75 Å². The quantitative estimate of drug-likeness (QED) is 0.810. The maximum absolute atomic E-state index is 12.5. The summed E-state index contributed by atoms with van der Waals surface area (Å²) in [5.41, 5.74) is 0.711. The fourth-order valence-corrected chi connectivity index (χ4v) is 2.78. The van der Waals surface area contributed by atoms with Crippen LogP contribution in [0.3, 0.4) is 0 Å². The lowest BCUT2D eigenvalue weighted by molar-refractivity contribution is -0.130. The number of phenols is 1. The zero-order valence-electron chi connectivity index (χ0n) is 12.8. The van der Waals surface area contributed by atoms with E-state index in [0.717, 1.165) is 38.9 Å². The average molecular weight is 290 g/mol. The first-order chi connectivity index (χ1) is 10.2. The van der Waals surface area contributed by atoms with Gasteiger partial charge in [-0.1, -0.05) is 31.5 Å². The number of rotatable bonds is 7. The Labute approximate surface area is 127 Å². The van der Waals surface area contributed by atoms with Crippen LogP contribution in [0.2, 0.25) is 0 Å². The maximum Gasteiger partial charge on any atom is 0.227 e. The van der Waals surface area contributed by atoms with Gasteiger partial charge < -0.3 is 15.3 Å². The second-order valence-corrected chi connectivity index (χ2v) is 5.79. The lowest BCUT2D eigenvalue weighted by Gasteiger charge is -2.26. The highest BCUT2D eigenvalue weighted by molar-refractivity contribution is 5.79. The van der Waals surface area contributed by atoms with Crippen molar-refractivity contribution >= 4 is 5.91 Å².